The van der Waals surface area contributed by atoms with E-state index < -0.39 is 11.5 Å². The summed E-state index contributed by atoms with van der Waals surface area (Å²) in [5.74, 6) is -0.0426. The molecule has 0 radical (unpaired) electrons. The monoisotopic (exact) mass is 319 g/mol. The highest BCUT2D eigenvalue weighted by molar-refractivity contribution is 6.04. The minimum absolute atomic E-state index is 0.0188. The van der Waals surface area contributed by atoms with Gasteiger partial charge in [0.1, 0.15) is 11.4 Å². The number of H-pyrrole nitrogens is 1. The van der Waals surface area contributed by atoms with E-state index in [4.69, 9.17) is 0 Å². The van der Waals surface area contributed by atoms with Gasteiger partial charge >= 0.3 is 0 Å². The molecule has 0 aliphatic rings. The Morgan fingerprint density at radius 2 is 1.83 bits per heavy atom. The number of nitrogens with one attached hydrogen (secondary N) is 2. The molecule has 0 saturated carbocycles. The maximum Gasteiger partial charge on any atom is 0.264 e. The number of hydrogen-bond donors (Lipinski definition) is 2. The molecule has 1 aromatic heterocycles. The van der Waals surface area contributed by atoms with E-state index in [0.717, 1.165) is 16.7 Å². The van der Waals surface area contributed by atoms with Crippen molar-refractivity contribution >= 4 is 11.6 Å². The third-order valence-corrected chi connectivity index (χ3v) is 3.72. The Balaban J connectivity index is 1.87. The summed E-state index contributed by atoms with van der Waals surface area (Å²) in [5, 5.41) is 2.75. The fourth-order valence-electron chi connectivity index (χ4n) is 2.44. The Morgan fingerprint density at radius 3 is 2.50 bits per heavy atom. The van der Waals surface area contributed by atoms with Gasteiger partial charge in [0.05, 0.1) is 0 Å². The summed E-state index contributed by atoms with van der Waals surface area (Å²) in [6.45, 7) is 3.89. The molecule has 1 amide bonds. The van der Waals surface area contributed by atoms with Crippen molar-refractivity contribution in [3.8, 4) is 11.4 Å². The fourth-order valence-corrected chi connectivity index (χ4v) is 2.44. The predicted molar refractivity (Wildman–Crippen MR) is 94.2 cm³/mol. The molecule has 0 fully saturated rings. The van der Waals surface area contributed by atoms with Gasteiger partial charge in [-0.05, 0) is 25.5 Å². The van der Waals surface area contributed by atoms with Crippen LogP contribution in [-0.2, 0) is 0 Å². The van der Waals surface area contributed by atoms with Crippen molar-refractivity contribution in [3.63, 3.8) is 0 Å². The van der Waals surface area contributed by atoms with Crippen molar-refractivity contribution in [1.82, 2.24) is 9.97 Å². The molecule has 0 atom stereocenters. The summed E-state index contributed by atoms with van der Waals surface area (Å²) in [7, 11) is 0. The summed E-state index contributed by atoms with van der Waals surface area (Å²) in [4.78, 5) is 31.4. The van der Waals surface area contributed by atoms with E-state index >= 15 is 0 Å². The van der Waals surface area contributed by atoms with Gasteiger partial charge in [0.25, 0.3) is 11.5 Å². The van der Waals surface area contributed by atoms with Crippen LogP contribution in [0.25, 0.3) is 11.4 Å². The number of aromatic amines is 1. The average Bonchev–Trinajstić information content (AvgIpc) is 2.58. The molecule has 0 saturated heterocycles. The molecule has 3 aromatic rings. The maximum absolute atomic E-state index is 12.3. The van der Waals surface area contributed by atoms with Gasteiger partial charge in [-0.2, -0.15) is 0 Å². The van der Waals surface area contributed by atoms with Gasteiger partial charge in [-0.15, -0.1) is 0 Å². The molecule has 2 aromatic carbocycles. The van der Waals surface area contributed by atoms with Crippen LogP contribution in [-0.4, -0.2) is 15.9 Å². The molecule has 0 aliphatic heterocycles. The lowest BCUT2D eigenvalue weighted by Gasteiger charge is -2.09. The quantitative estimate of drug-likeness (QED) is 0.778. The number of amides is 1. The van der Waals surface area contributed by atoms with E-state index in [1.54, 1.807) is 0 Å². The summed E-state index contributed by atoms with van der Waals surface area (Å²) >= 11 is 0. The van der Waals surface area contributed by atoms with Crippen molar-refractivity contribution in [2.24, 2.45) is 0 Å². The predicted octanol–water partition coefficient (Wildman–Crippen LogP) is 3.31. The van der Waals surface area contributed by atoms with Crippen molar-refractivity contribution in [1.29, 1.82) is 0 Å². The van der Waals surface area contributed by atoms with Crippen LogP contribution in [0, 0.1) is 13.8 Å². The van der Waals surface area contributed by atoms with E-state index in [1.807, 2.05) is 62.4 Å². The zero-order chi connectivity index (χ0) is 17.1. The molecule has 5 heteroatoms. The van der Waals surface area contributed by atoms with Gasteiger partial charge in [-0.1, -0.05) is 48.0 Å². The largest absolute Gasteiger partial charge is 0.322 e. The Morgan fingerprint density at radius 1 is 1.08 bits per heavy atom. The number of hydrogen-bond acceptors (Lipinski definition) is 3. The number of aryl methyl sites for hydroxylation is 2. The normalized spacial score (nSPS) is 10.4. The van der Waals surface area contributed by atoms with E-state index in [2.05, 4.69) is 15.3 Å². The molecule has 3 rings (SSSR count). The molecule has 5 nitrogen and oxygen atoms in total. The molecular formula is C19H17N3O2. The van der Waals surface area contributed by atoms with Gasteiger partial charge in [0.15, 0.2) is 0 Å². The van der Waals surface area contributed by atoms with Crippen LogP contribution in [0.4, 0.5) is 5.69 Å². The lowest BCUT2D eigenvalue weighted by atomic mass is 10.1. The first-order valence-electron chi connectivity index (χ1n) is 7.58. The SMILES string of the molecule is Cc1ccc(NC(=O)c2cnc(-c3ccccc3)[nH]c2=O)c(C)c1. The number of anilines is 1. The van der Waals surface area contributed by atoms with Crippen LogP contribution < -0.4 is 10.9 Å². The third-order valence-electron chi connectivity index (χ3n) is 3.72. The molecular weight excluding hydrogens is 302 g/mol. The Hall–Kier alpha value is -3.21. The van der Waals surface area contributed by atoms with Crippen LogP contribution in [0.15, 0.2) is 59.5 Å². The lowest BCUT2D eigenvalue weighted by molar-refractivity contribution is 0.102. The van der Waals surface area contributed by atoms with Crippen LogP contribution >= 0.6 is 0 Å². The minimum Gasteiger partial charge on any atom is -0.322 e. The second kappa shape index (κ2) is 6.50. The minimum atomic E-state index is -0.477. The van der Waals surface area contributed by atoms with Crippen LogP contribution in [0.1, 0.15) is 21.5 Å². The molecule has 120 valence electrons. The highest BCUT2D eigenvalue weighted by Crippen LogP contribution is 2.17. The standard InChI is InChI=1S/C19H17N3O2/c1-12-8-9-16(13(2)10-12)21-18(23)15-11-20-17(22-19(15)24)14-6-4-3-5-7-14/h3-11H,1-2H3,(H,21,23)(H,20,22,24). The molecule has 0 aliphatic carbocycles. The average molecular weight is 319 g/mol. The second-order valence-corrected chi connectivity index (χ2v) is 5.61. The highest BCUT2D eigenvalue weighted by Gasteiger charge is 2.13. The zero-order valence-electron chi connectivity index (χ0n) is 13.5. The highest BCUT2D eigenvalue weighted by atomic mass is 16.2. The van der Waals surface area contributed by atoms with Crippen molar-refractivity contribution < 1.29 is 4.79 Å². The number of rotatable bonds is 3. The van der Waals surface area contributed by atoms with E-state index in [0.29, 0.717) is 11.5 Å². The van der Waals surface area contributed by atoms with Crippen LogP contribution in [0.5, 0.6) is 0 Å². The Bertz CT molecular complexity index is 946. The van der Waals surface area contributed by atoms with Crippen LogP contribution in [0.3, 0.4) is 0 Å². The first-order chi connectivity index (χ1) is 11.5. The summed E-state index contributed by atoms with van der Waals surface area (Å²) in [6.07, 6.45) is 1.31. The number of carbonyl (C=O) groups excluding carboxylic acids is 1. The van der Waals surface area contributed by atoms with E-state index in [1.165, 1.54) is 6.20 Å². The Labute approximate surface area is 139 Å². The van der Waals surface area contributed by atoms with Crippen molar-refractivity contribution in [3.05, 3.63) is 81.8 Å². The van der Waals surface area contributed by atoms with Gasteiger partial charge < -0.3 is 10.3 Å². The number of nitrogens with zero attached hydrogens (tertiary/aromatic N) is 1. The van der Waals surface area contributed by atoms with E-state index in [-0.39, 0.29) is 5.56 Å². The van der Waals surface area contributed by atoms with E-state index in [9.17, 15) is 9.59 Å². The molecule has 24 heavy (non-hydrogen) atoms. The smallest absolute Gasteiger partial charge is 0.264 e. The maximum atomic E-state index is 12.3. The molecule has 0 bridgehead atoms. The van der Waals surface area contributed by atoms with Gasteiger partial charge in [0, 0.05) is 17.4 Å². The summed E-state index contributed by atoms with van der Waals surface area (Å²) in [5.41, 5.74) is 3.03. The fraction of sp³-hybridized carbons (Fsp3) is 0.105. The Kier molecular flexibility index (Phi) is 4.24. The van der Waals surface area contributed by atoms with Gasteiger partial charge in [-0.3, -0.25) is 9.59 Å². The lowest BCUT2D eigenvalue weighted by Crippen LogP contribution is -2.24. The van der Waals surface area contributed by atoms with Crippen molar-refractivity contribution in [2.75, 3.05) is 5.32 Å². The molecule has 0 spiro atoms. The summed E-state index contributed by atoms with van der Waals surface area (Å²) in [6, 6.07) is 15.0. The number of carbonyl (C=O) groups is 1. The molecule has 2 N–H and O–H groups in total. The second-order valence-electron chi connectivity index (χ2n) is 5.61. The molecule has 1 heterocycles. The number of aromatic nitrogens is 2. The van der Waals surface area contributed by atoms with Crippen molar-refractivity contribution in [2.45, 2.75) is 13.8 Å². The summed E-state index contributed by atoms with van der Waals surface area (Å²) < 4.78 is 0. The zero-order valence-corrected chi connectivity index (χ0v) is 13.5. The third kappa shape index (κ3) is 3.25. The number of benzene rings is 2. The van der Waals surface area contributed by atoms with Gasteiger partial charge in [-0.25, -0.2) is 4.98 Å². The first-order valence-corrected chi connectivity index (χ1v) is 7.58. The van der Waals surface area contributed by atoms with Gasteiger partial charge in [0.2, 0.25) is 0 Å². The molecule has 0 unspecified atom stereocenters. The topological polar surface area (TPSA) is 74.8 Å². The van der Waals surface area contributed by atoms with Crippen LogP contribution in [0.2, 0.25) is 0 Å². The first kappa shape index (κ1) is 15.7.